The van der Waals surface area contributed by atoms with Crippen molar-refractivity contribution in [2.24, 2.45) is 0 Å². The van der Waals surface area contributed by atoms with Gasteiger partial charge in [0, 0.05) is 13.5 Å². The molecule has 7 heteroatoms. The van der Waals surface area contributed by atoms with Crippen molar-refractivity contribution in [2.75, 3.05) is 25.1 Å². The van der Waals surface area contributed by atoms with E-state index in [1.165, 1.54) is 19.1 Å². The second-order valence-corrected chi connectivity index (χ2v) is 3.66. The predicted octanol–water partition coefficient (Wildman–Crippen LogP) is 1.97. The minimum atomic E-state index is -0.569. The zero-order valence-electron chi connectivity index (χ0n) is 10.8. The molecule has 1 aromatic rings. The molecule has 1 N–H and O–H groups in total. The Morgan fingerprint density at radius 2 is 2.16 bits per heavy atom. The summed E-state index contributed by atoms with van der Waals surface area (Å²) in [5.74, 6) is -0.00591. The van der Waals surface area contributed by atoms with Crippen LogP contribution in [-0.4, -0.2) is 30.7 Å². The van der Waals surface area contributed by atoms with Crippen LogP contribution in [0.25, 0.3) is 0 Å². The van der Waals surface area contributed by atoms with E-state index in [9.17, 15) is 14.9 Å². The second kappa shape index (κ2) is 7.32. The van der Waals surface area contributed by atoms with Gasteiger partial charge in [0.15, 0.2) is 0 Å². The summed E-state index contributed by atoms with van der Waals surface area (Å²) in [6.07, 6.45) is 0. The summed E-state index contributed by atoms with van der Waals surface area (Å²) in [7, 11) is 0. The summed E-state index contributed by atoms with van der Waals surface area (Å²) in [6.45, 7) is 4.47. The summed E-state index contributed by atoms with van der Waals surface area (Å²) in [6, 6.07) is 4.27. The normalized spacial score (nSPS) is 10.0. The molecule has 0 aliphatic heterocycles. The summed E-state index contributed by atoms with van der Waals surface area (Å²) in [5.41, 5.74) is -0.0567. The number of ether oxygens (including phenoxy) is 2. The zero-order valence-corrected chi connectivity index (χ0v) is 10.8. The van der Waals surface area contributed by atoms with Crippen LogP contribution < -0.4 is 10.1 Å². The highest BCUT2D eigenvalue weighted by Crippen LogP contribution is 2.29. The Bertz CT molecular complexity index is 461. The lowest BCUT2D eigenvalue weighted by Crippen LogP contribution is -2.09. The Balaban J connectivity index is 2.78. The first-order valence-corrected chi connectivity index (χ1v) is 5.81. The minimum absolute atomic E-state index is 0.148. The zero-order chi connectivity index (χ0) is 14.3. The number of nitro groups is 1. The van der Waals surface area contributed by atoms with Crippen LogP contribution in [0.15, 0.2) is 18.2 Å². The van der Waals surface area contributed by atoms with Crippen molar-refractivity contribution in [3.63, 3.8) is 0 Å². The van der Waals surface area contributed by atoms with Crippen molar-refractivity contribution in [3.8, 4) is 5.75 Å². The second-order valence-electron chi connectivity index (χ2n) is 3.66. The summed E-state index contributed by atoms with van der Waals surface area (Å²) in [4.78, 5) is 21.3. The number of nitro benzene ring substituents is 1. The van der Waals surface area contributed by atoms with Gasteiger partial charge in [0.1, 0.15) is 18.0 Å². The molecule has 1 amide bonds. The van der Waals surface area contributed by atoms with Crippen molar-refractivity contribution in [3.05, 3.63) is 28.3 Å². The number of amides is 1. The number of carbonyl (C=O) groups is 1. The van der Waals surface area contributed by atoms with Crippen LogP contribution in [0.3, 0.4) is 0 Å². The third-order valence-electron chi connectivity index (χ3n) is 2.18. The Morgan fingerprint density at radius 1 is 1.42 bits per heavy atom. The van der Waals surface area contributed by atoms with Gasteiger partial charge in [-0.2, -0.15) is 0 Å². The van der Waals surface area contributed by atoms with Gasteiger partial charge in [0.05, 0.1) is 17.6 Å². The van der Waals surface area contributed by atoms with Crippen molar-refractivity contribution < 1.29 is 19.2 Å². The first kappa shape index (κ1) is 14.9. The fourth-order valence-electron chi connectivity index (χ4n) is 1.41. The number of hydrogen-bond donors (Lipinski definition) is 1. The van der Waals surface area contributed by atoms with Gasteiger partial charge < -0.3 is 14.8 Å². The molecular formula is C12H16N2O5. The van der Waals surface area contributed by atoms with Crippen molar-refractivity contribution >= 4 is 17.3 Å². The standard InChI is InChI=1S/C12H16N2O5/c1-3-18-6-7-19-10-4-5-11(13-9(2)15)12(8-10)14(16)17/h4-5,8H,3,6-7H2,1-2H3,(H,13,15). The van der Waals surface area contributed by atoms with Gasteiger partial charge in [-0.25, -0.2) is 0 Å². The lowest BCUT2D eigenvalue weighted by atomic mass is 10.2. The Kier molecular flexibility index (Phi) is 5.74. The van der Waals surface area contributed by atoms with Gasteiger partial charge in [0.25, 0.3) is 5.69 Å². The number of nitrogens with zero attached hydrogens (tertiary/aromatic N) is 1. The number of nitrogens with one attached hydrogen (secondary N) is 1. The quantitative estimate of drug-likeness (QED) is 0.464. The average Bonchev–Trinajstić information content (AvgIpc) is 2.35. The molecule has 0 bridgehead atoms. The molecule has 0 aliphatic rings. The molecule has 0 heterocycles. The van der Waals surface area contributed by atoms with Crippen LogP contribution in [-0.2, 0) is 9.53 Å². The van der Waals surface area contributed by atoms with Gasteiger partial charge in [-0.15, -0.1) is 0 Å². The average molecular weight is 268 g/mol. The van der Waals surface area contributed by atoms with Crippen LogP contribution in [0, 0.1) is 10.1 Å². The van der Waals surface area contributed by atoms with Crippen LogP contribution in [0.4, 0.5) is 11.4 Å². The van der Waals surface area contributed by atoms with Gasteiger partial charge in [-0.1, -0.05) is 0 Å². The fraction of sp³-hybridized carbons (Fsp3) is 0.417. The number of hydrogen-bond acceptors (Lipinski definition) is 5. The van der Waals surface area contributed by atoms with Crippen LogP contribution >= 0.6 is 0 Å². The lowest BCUT2D eigenvalue weighted by Gasteiger charge is -2.08. The number of anilines is 1. The predicted molar refractivity (Wildman–Crippen MR) is 69.4 cm³/mol. The third-order valence-corrected chi connectivity index (χ3v) is 2.18. The van der Waals surface area contributed by atoms with Gasteiger partial charge >= 0.3 is 0 Å². The van der Waals surface area contributed by atoms with Gasteiger partial charge in [-0.3, -0.25) is 14.9 Å². The molecule has 19 heavy (non-hydrogen) atoms. The summed E-state index contributed by atoms with van der Waals surface area (Å²) >= 11 is 0. The number of rotatable bonds is 7. The largest absolute Gasteiger partial charge is 0.491 e. The molecule has 0 saturated carbocycles. The molecule has 0 spiro atoms. The molecule has 0 radical (unpaired) electrons. The van der Waals surface area contributed by atoms with E-state index in [2.05, 4.69) is 5.32 Å². The van der Waals surface area contributed by atoms with E-state index >= 15 is 0 Å². The topological polar surface area (TPSA) is 90.7 Å². The van der Waals surface area contributed by atoms with Gasteiger partial charge in [0.2, 0.25) is 5.91 Å². The molecular weight excluding hydrogens is 252 g/mol. The van der Waals surface area contributed by atoms with E-state index in [0.29, 0.717) is 25.6 Å². The van der Waals surface area contributed by atoms with Crippen LogP contribution in [0.2, 0.25) is 0 Å². The van der Waals surface area contributed by atoms with E-state index < -0.39 is 4.92 Å². The maximum absolute atomic E-state index is 10.9. The van der Waals surface area contributed by atoms with Crippen molar-refractivity contribution in [1.29, 1.82) is 0 Å². The van der Waals surface area contributed by atoms with Crippen molar-refractivity contribution in [1.82, 2.24) is 0 Å². The Labute approximate surface area is 110 Å². The summed E-state index contributed by atoms with van der Waals surface area (Å²) < 4.78 is 10.4. The molecule has 0 aromatic heterocycles. The first-order chi connectivity index (χ1) is 9.04. The van der Waals surface area contributed by atoms with Gasteiger partial charge in [-0.05, 0) is 19.1 Å². The highest BCUT2D eigenvalue weighted by Gasteiger charge is 2.16. The molecule has 1 aromatic carbocycles. The molecule has 0 fully saturated rings. The highest BCUT2D eigenvalue weighted by molar-refractivity contribution is 5.91. The molecule has 0 aliphatic carbocycles. The van der Waals surface area contributed by atoms with Crippen LogP contribution in [0.1, 0.15) is 13.8 Å². The molecule has 1 rings (SSSR count). The smallest absolute Gasteiger partial charge is 0.296 e. The number of benzene rings is 1. The SMILES string of the molecule is CCOCCOc1ccc(NC(C)=O)c([N+](=O)[O-])c1. The van der Waals surface area contributed by atoms with E-state index in [-0.39, 0.29) is 17.3 Å². The molecule has 104 valence electrons. The molecule has 0 unspecified atom stereocenters. The molecule has 0 atom stereocenters. The van der Waals surface area contributed by atoms with E-state index in [4.69, 9.17) is 9.47 Å². The fourth-order valence-corrected chi connectivity index (χ4v) is 1.41. The lowest BCUT2D eigenvalue weighted by molar-refractivity contribution is -0.384. The third kappa shape index (κ3) is 4.92. The van der Waals surface area contributed by atoms with E-state index in [1.54, 1.807) is 6.07 Å². The van der Waals surface area contributed by atoms with E-state index in [1.807, 2.05) is 6.92 Å². The molecule has 0 saturated heterocycles. The summed E-state index contributed by atoms with van der Waals surface area (Å²) in [5, 5.41) is 13.3. The Morgan fingerprint density at radius 3 is 2.74 bits per heavy atom. The first-order valence-electron chi connectivity index (χ1n) is 5.81. The van der Waals surface area contributed by atoms with E-state index in [0.717, 1.165) is 0 Å². The Hall–Kier alpha value is -2.15. The highest BCUT2D eigenvalue weighted by atomic mass is 16.6. The monoisotopic (exact) mass is 268 g/mol. The molecule has 7 nitrogen and oxygen atoms in total. The van der Waals surface area contributed by atoms with Crippen molar-refractivity contribution in [2.45, 2.75) is 13.8 Å². The maximum Gasteiger partial charge on any atom is 0.296 e. The van der Waals surface area contributed by atoms with Crippen LogP contribution in [0.5, 0.6) is 5.75 Å². The maximum atomic E-state index is 10.9. The minimum Gasteiger partial charge on any atom is -0.491 e. The number of carbonyl (C=O) groups excluding carboxylic acids is 1.